The first-order valence-corrected chi connectivity index (χ1v) is 7.06. The van der Waals surface area contributed by atoms with Gasteiger partial charge in [0.1, 0.15) is 5.82 Å². The Bertz CT molecular complexity index is 425. The van der Waals surface area contributed by atoms with Gasteiger partial charge < -0.3 is 10.0 Å². The molecule has 0 heterocycles. The minimum Gasteiger partial charge on any atom is -0.386 e. The molecule has 0 saturated heterocycles. The summed E-state index contributed by atoms with van der Waals surface area (Å²) in [7, 11) is 4.02. The van der Waals surface area contributed by atoms with Gasteiger partial charge in [-0.15, -0.1) is 0 Å². The Morgan fingerprint density at radius 1 is 1.32 bits per heavy atom. The van der Waals surface area contributed by atoms with E-state index >= 15 is 0 Å². The predicted octanol–water partition coefficient (Wildman–Crippen LogP) is 3.37. The van der Waals surface area contributed by atoms with E-state index in [1.54, 1.807) is 6.07 Å². The van der Waals surface area contributed by atoms with Crippen molar-refractivity contribution in [3.8, 4) is 0 Å². The molecule has 0 aromatic heterocycles. The van der Waals surface area contributed by atoms with E-state index in [0.29, 0.717) is 11.5 Å². The fraction of sp³-hybridized carbons (Fsp3) is 0.625. The van der Waals surface area contributed by atoms with Gasteiger partial charge in [-0.05, 0) is 63.4 Å². The summed E-state index contributed by atoms with van der Waals surface area (Å²) >= 11 is 0. The highest BCUT2D eigenvalue weighted by molar-refractivity contribution is 5.23. The first kappa shape index (κ1) is 14.5. The van der Waals surface area contributed by atoms with Gasteiger partial charge in [-0.25, -0.2) is 4.39 Å². The van der Waals surface area contributed by atoms with Crippen molar-refractivity contribution >= 4 is 0 Å². The molecular weight excluding hydrogens is 241 g/mol. The first-order chi connectivity index (χ1) is 8.95. The highest BCUT2D eigenvalue weighted by atomic mass is 19.1. The minimum atomic E-state index is -0.634. The third-order valence-electron chi connectivity index (χ3n) is 4.70. The van der Waals surface area contributed by atoms with Crippen LogP contribution in [0, 0.1) is 11.7 Å². The Kier molecular flexibility index (Phi) is 4.26. The largest absolute Gasteiger partial charge is 0.386 e. The molecule has 1 N–H and O–H groups in total. The van der Waals surface area contributed by atoms with Gasteiger partial charge in [0, 0.05) is 0 Å². The maximum Gasteiger partial charge on any atom is 0.123 e. The number of benzene rings is 1. The molecule has 0 bridgehead atoms. The van der Waals surface area contributed by atoms with Crippen molar-refractivity contribution in [2.24, 2.45) is 5.92 Å². The molecule has 0 aliphatic heterocycles. The van der Waals surface area contributed by atoms with Gasteiger partial charge in [-0.2, -0.15) is 0 Å². The summed E-state index contributed by atoms with van der Waals surface area (Å²) in [6.07, 6.45) is 3.51. The molecule has 19 heavy (non-hydrogen) atoms. The quantitative estimate of drug-likeness (QED) is 0.905. The molecule has 1 aliphatic rings. The fourth-order valence-corrected chi connectivity index (χ4v) is 3.21. The monoisotopic (exact) mass is 265 g/mol. The smallest absolute Gasteiger partial charge is 0.123 e. The van der Waals surface area contributed by atoms with Crippen molar-refractivity contribution < 1.29 is 9.50 Å². The Hall–Kier alpha value is -0.930. The zero-order valence-electron chi connectivity index (χ0n) is 12.1. The SMILES string of the molecule is CC1CCC(C(O)c2cccc(F)c2)(N(C)C)CC1. The fourth-order valence-electron chi connectivity index (χ4n) is 3.21. The number of hydrogen-bond acceptors (Lipinski definition) is 2. The minimum absolute atomic E-state index is 0.264. The normalized spacial score (nSPS) is 29.5. The molecule has 1 atom stereocenters. The average Bonchev–Trinajstić information content (AvgIpc) is 2.39. The number of hydrogen-bond donors (Lipinski definition) is 1. The van der Waals surface area contributed by atoms with Gasteiger partial charge in [0.25, 0.3) is 0 Å². The Morgan fingerprint density at radius 2 is 1.95 bits per heavy atom. The zero-order chi connectivity index (χ0) is 14.0. The maximum absolute atomic E-state index is 13.4. The van der Waals surface area contributed by atoms with Crippen LogP contribution in [-0.2, 0) is 0 Å². The van der Waals surface area contributed by atoms with Gasteiger partial charge in [0.2, 0.25) is 0 Å². The Balaban J connectivity index is 2.29. The van der Waals surface area contributed by atoms with Crippen LogP contribution >= 0.6 is 0 Å². The van der Waals surface area contributed by atoms with Crippen molar-refractivity contribution in [2.75, 3.05) is 14.1 Å². The molecule has 1 unspecified atom stereocenters. The van der Waals surface area contributed by atoms with Crippen LogP contribution in [0.2, 0.25) is 0 Å². The Morgan fingerprint density at radius 3 is 2.47 bits per heavy atom. The number of nitrogens with zero attached hydrogens (tertiary/aromatic N) is 1. The van der Waals surface area contributed by atoms with Crippen LogP contribution in [0.15, 0.2) is 24.3 Å². The van der Waals surface area contributed by atoms with Crippen molar-refractivity contribution in [3.63, 3.8) is 0 Å². The standard InChI is InChI=1S/C16H24FNO/c1-12-7-9-16(10-8-12,18(2)3)15(19)13-5-4-6-14(17)11-13/h4-6,11-12,15,19H,7-10H2,1-3H3. The van der Waals surface area contributed by atoms with Crippen LogP contribution in [0.5, 0.6) is 0 Å². The lowest BCUT2D eigenvalue weighted by molar-refractivity contribution is -0.0409. The second-order valence-electron chi connectivity index (χ2n) is 6.14. The van der Waals surface area contributed by atoms with E-state index in [4.69, 9.17) is 0 Å². The van der Waals surface area contributed by atoms with Crippen molar-refractivity contribution in [2.45, 2.75) is 44.2 Å². The van der Waals surface area contributed by atoms with E-state index in [0.717, 1.165) is 25.7 Å². The summed E-state index contributed by atoms with van der Waals surface area (Å²) in [4.78, 5) is 2.12. The predicted molar refractivity (Wildman–Crippen MR) is 75.4 cm³/mol. The molecule has 2 rings (SSSR count). The van der Waals surface area contributed by atoms with Crippen molar-refractivity contribution in [1.82, 2.24) is 4.90 Å². The molecule has 0 amide bonds. The third-order valence-corrected chi connectivity index (χ3v) is 4.70. The highest BCUT2D eigenvalue weighted by Crippen LogP contribution is 2.43. The second kappa shape index (κ2) is 5.59. The summed E-state index contributed by atoms with van der Waals surface area (Å²) in [5.41, 5.74) is 0.420. The topological polar surface area (TPSA) is 23.5 Å². The molecule has 3 heteroatoms. The van der Waals surface area contributed by atoms with Crippen LogP contribution < -0.4 is 0 Å². The molecule has 0 spiro atoms. The van der Waals surface area contributed by atoms with E-state index in [9.17, 15) is 9.50 Å². The van der Waals surface area contributed by atoms with Crippen LogP contribution in [0.3, 0.4) is 0 Å². The molecule has 0 radical (unpaired) electrons. The van der Waals surface area contributed by atoms with E-state index in [2.05, 4.69) is 11.8 Å². The molecule has 1 saturated carbocycles. The van der Waals surface area contributed by atoms with E-state index in [1.165, 1.54) is 12.1 Å². The van der Waals surface area contributed by atoms with Crippen LogP contribution in [0.25, 0.3) is 0 Å². The third kappa shape index (κ3) is 2.82. The summed E-state index contributed by atoms with van der Waals surface area (Å²) in [6, 6.07) is 6.36. The summed E-state index contributed by atoms with van der Waals surface area (Å²) < 4.78 is 13.4. The lowest BCUT2D eigenvalue weighted by Gasteiger charge is -2.47. The van der Waals surface area contributed by atoms with E-state index < -0.39 is 6.10 Å². The van der Waals surface area contributed by atoms with Gasteiger partial charge >= 0.3 is 0 Å². The van der Waals surface area contributed by atoms with Crippen molar-refractivity contribution in [3.05, 3.63) is 35.6 Å². The average molecular weight is 265 g/mol. The second-order valence-corrected chi connectivity index (χ2v) is 6.14. The lowest BCUT2D eigenvalue weighted by atomic mass is 9.71. The number of rotatable bonds is 3. The van der Waals surface area contributed by atoms with Gasteiger partial charge in [-0.3, -0.25) is 0 Å². The molecule has 2 nitrogen and oxygen atoms in total. The summed E-state index contributed by atoms with van der Waals surface area (Å²) in [5.74, 6) is 0.433. The van der Waals surface area contributed by atoms with E-state index in [1.807, 2.05) is 20.2 Å². The number of likely N-dealkylation sites (N-methyl/N-ethyl adjacent to an activating group) is 1. The zero-order valence-corrected chi connectivity index (χ0v) is 12.1. The van der Waals surface area contributed by atoms with Crippen LogP contribution in [0.4, 0.5) is 4.39 Å². The molecule has 1 aromatic rings. The molecule has 1 fully saturated rings. The molecular formula is C16H24FNO. The summed E-state index contributed by atoms with van der Waals surface area (Å²) in [6.45, 7) is 2.26. The van der Waals surface area contributed by atoms with Crippen molar-refractivity contribution in [1.29, 1.82) is 0 Å². The number of halogens is 1. The van der Waals surface area contributed by atoms with Gasteiger partial charge in [0.05, 0.1) is 11.6 Å². The van der Waals surface area contributed by atoms with Crippen LogP contribution in [0.1, 0.15) is 44.3 Å². The maximum atomic E-state index is 13.4. The van der Waals surface area contributed by atoms with Gasteiger partial charge in [0.15, 0.2) is 0 Å². The van der Waals surface area contributed by atoms with E-state index in [-0.39, 0.29) is 11.4 Å². The molecule has 1 aliphatic carbocycles. The van der Waals surface area contributed by atoms with Crippen LogP contribution in [-0.4, -0.2) is 29.6 Å². The Labute approximate surface area is 115 Å². The highest BCUT2D eigenvalue weighted by Gasteiger charge is 2.43. The lowest BCUT2D eigenvalue weighted by Crippen LogP contribution is -2.51. The first-order valence-electron chi connectivity index (χ1n) is 7.06. The van der Waals surface area contributed by atoms with Gasteiger partial charge in [-0.1, -0.05) is 19.1 Å². The number of aliphatic hydroxyl groups is 1. The molecule has 106 valence electrons. The number of aliphatic hydroxyl groups excluding tert-OH is 1. The summed E-state index contributed by atoms with van der Waals surface area (Å²) in [5, 5.41) is 10.8. The molecule has 1 aromatic carbocycles.